The first-order valence-electron chi connectivity index (χ1n) is 9.24. The summed E-state index contributed by atoms with van der Waals surface area (Å²) in [6.45, 7) is 5.69. The topological polar surface area (TPSA) is 66.5 Å². The Balaban J connectivity index is 1.95. The number of sulfonamides is 1. The molecule has 0 aliphatic rings. The van der Waals surface area contributed by atoms with Gasteiger partial charge in [-0.2, -0.15) is 0 Å². The molecule has 0 fully saturated rings. The van der Waals surface area contributed by atoms with E-state index in [1.807, 2.05) is 39.0 Å². The molecule has 150 valence electrons. The van der Waals surface area contributed by atoms with Crippen molar-refractivity contribution in [2.24, 2.45) is 0 Å². The monoisotopic (exact) mass is 408 g/mol. The number of para-hydroxylation sites is 1. The molecule has 0 saturated carbocycles. The summed E-state index contributed by atoms with van der Waals surface area (Å²) in [6, 6.07) is 19.1. The maximum Gasteiger partial charge on any atom is 0.264 e. The van der Waals surface area contributed by atoms with Crippen LogP contribution >= 0.6 is 0 Å². The van der Waals surface area contributed by atoms with Gasteiger partial charge in [-0.1, -0.05) is 42.5 Å². The zero-order valence-corrected chi connectivity index (χ0v) is 17.7. The van der Waals surface area contributed by atoms with Gasteiger partial charge in [0.05, 0.1) is 10.6 Å². The molecule has 0 saturated heterocycles. The van der Waals surface area contributed by atoms with Crippen LogP contribution in [0.5, 0.6) is 0 Å². The van der Waals surface area contributed by atoms with E-state index in [4.69, 9.17) is 0 Å². The zero-order chi connectivity index (χ0) is 21.2. The van der Waals surface area contributed by atoms with Gasteiger partial charge in [-0.05, 0) is 61.7 Å². The molecule has 0 aliphatic heterocycles. The third-order valence-electron chi connectivity index (χ3n) is 4.93. The summed E-state index contributed by atoms with van der Waals surface area (Å²) in [5.74, 6) is -0.283. The highest BCUT2D eigenvalue weighted by molar-refractivity contribution is 7.92. The number of nitrogens with one attached hydrogen (secondary N) is 1. The van der Waals surface area contributed by atoms with Gasteiger partial charge in [0, 0.05) is 18.3 Å². The summed E-state index contributed by atoms with van der Waals surface area (Å²) in [4.78, 5) is 13.0. The lowest BCUT2D eigenvalue weighted by molar-refractivity contribution is 0.102. The zero-order valence-electron chi connectivity index (χ0n) is 16.9. The summed E-state index contributed by atoms with van der Waals surface area (Å²) >= 11 is 0. The Bertz CT molecular complexity index is 1140. The van der Waals surface area contributed by atoms with Crippen molar-refractivity contribution in [2.45, 2.75) is 25.7 Å². The van der Waals surface area contributed by atoms with Crippen LogP contribution in [0.25, 0.3) is 0 Å². The van der Waals surface area contributed by atoms with E-state index in [-0.39, 0.29) is 10.8 Å². The molecule has 0 aliphatic carbocycles. The Kier molecular flexibility index (Phi) is 5.75. The number of rotatable bonds is 5. The molecule has 3 aromatic rings. The third kappa shape index (κ3) is 4.17. The van der Waals surface area contributed by atoms with E-state index in [2.05, 4.69) is 5.32 Å². The van der Waals surface area contributed by atoms with Crippen LogP contribution in [-0.4, -0.2) is 21.4 Å². The van der Waals surface area contributed by atoms with Gasteiger partial charge < -0.3 is 5.32 Å². The highest BCUT2D eigenvalue weighted by Crippen LogP contribution is 2.27. The second-order valence-corrected chi connectivity index (χ2v) is 8.98. The van der Waals surface area contributed by atoms with E-state index < -0.39 is 10.0 Å². The molecule has 0 bridgehead atoms. The second kappa shape index (κ2) is 8.09. The van der Waals surface area contributed by atoms with E-state index >= 15 is 0 Å². The van der Waals surface area contributed by atoms with Gasteiger partial charge in [-0.3, -0.25) is 9.10 Å². The number of amides is 1. The second-order valence-electron chi connectivity index (χ2n) is 7.01. The summed E-state index contributed by atoms with van der Waals surface area (Å²) in [5.41, 5.74) is 4.32. The Hall–Kier alpha value is -3.12. The van der Waals surface area contributed by atoms with Crippen molar-refractivity contribution in [3.8, 4) is 0 Å². The van der Waals surface area contributed by atoms with Crippen LogP contribution in [0.2, 0.25) is 0 Å². The van der Waals surface area contributed by atoms with Crippen molar-refractivity contribution in [3.05, 3.63) is 89.0 Å². The maximum atomic E-state index is 13.0. The fraction of sp³-hybridized carbons (Fsp3) is 0.174. The number of hydrogen-bond donors (Lipinski definition) is 1. The first kappa shape index (κ1) is 20.6. The Morgan fingerprint density at radius 2 is 1.45 bits per heavy atom. The van der Waals surface area contributed by atoms with E-state index in [9.17, 15) is 13.2 Å². The van der Waals surface area contributed by atoms with Gasteiger partial charge >= 0.3 is 0 Å². The minimum Gasteiger partial charge on any atom is -0.322 e. The van der Waals surface area contributed by atoms with Crippen molar-refractivity contribution in [3.63, 3.8) is 0 Å². The first-order chi connectivity index (χ1) is 13.7. The SMILES string of the molecule is Cc1ccc(C(=O)Nc2c(C)cccc2C)cc1N(C)S(=O)(=O)c1ccccc1. The molecule has 0 atom stereocenters. The number of anilines is 2. The quantitative estimate of drug-likeness (QED) is 0.666. The van der Waals surface area contributed by atoms with Crippen molar-refractivity contribution in [1.29, 1.82) is 0 Å². The molecule has 0 aromatic heterocycles. The Labute approximate surface area is 172 Å². The highest BCUT2D eigenvalue weighted by atomic mass is 32.2. The van der Waals surface area contributed by atoms with E-state index in [1.54, 1.807) is 48.5 Å². The van der Waals surface area contributed by atoms with Crippen LogP contribution in [0.15, 0.2) is 71.6 Å². The van der Waals surface area contributed by atoms with Gasteiger partial charge in [-0.25, -0.2) is 8.42 Å². The normalized spacial score (nSPS) is 11.2. The van der Waals surface area contributed by atoms with Crippen molar-refractivity contribution >= 4 is 27.3 Å². The molecule has 5 nitrogen and oxygen atoms in total. The molecule has 1 N–H and O–H groups in total. The molecule has 0 radical (unpaired) electrons. The minimum absolute atomic E-state index is 0.201. The van der Waals surface area contributed by atoms with Crippen molar-refractivity contribution < 1.29 is 13.2 Å². The molecule has 29 heavy (non-hydrogen) atoms. The van der Waals surface area contributed by atoms with Gasteiger partial charge in [0.2, 0.25) is 0 Å². The average molecular weight is 409 g/mol. The van der Waals surface area contributed by atoms with Gasteiger partial charge in [0.15, 0.2) is 0 Å². The minimum atomic E-state index is -3.73. The molecule has 0 spiro atoms. The summed E-state index contributed by atoms with van der Waals surface area (Å²) in [5, 5.41) is 2.94. The summed E-state index contributed by atoms with van der Waals surface area (Å²) < 4.78 is 27.2. The maximum absolute atomic E-state index is 13.0. The number of nitrogens with zero attached hydrogens (tertiary/aromatic N) is 1. The molecular formula is C23H24N2O3S. The number of benzene rings is 3. The summed E-state index contributed by atoms with van der Waals surface area (Å²) in [6.07, 6.45) is 0. The standard InChI is InChI=1S/C23H24N2O3S/c1-16-13-14-19(23(26)24-22-17(2)9-8-10-18(22)3)15-21(16)25(4)29(27,28)20-11-6-5-7-12-20/h5-15H,1-4H3,(H,24,26). The van der Waals surface area contributed by atoms with E-state index in [0.29, 0.717) is 11.3 Å². The van der Waals surface area contributed by atoms with Crippen LogP contribution in [0.1, 0.15) is 27.0 Å². The average Bonchev–Trinajstić information content (AvgIpc) is 2.71. The van der Waals surface area contributed by atoms with E-state index in [0.717, 1.165) is 22.4 Å². The molecular weight excluding hydrogens is 384 g/mol. The Morgan fingerprint density at radius 3 is 2.07 bits per heavy atom. The number of carbonyl (C=O) groups is 1. The van der Waals surface area contributed by atoms with Crippen molar-refractivity contribution in [2.75, 3.05) is 16.7 Å². The molecule has 3 rings (SSSR count). The first-order valence-corrected chi connectivity index (χ1v) is 10.7. The van der Waals surface area contributed by atoms with Crippen LogP contribution in [0.4, 0.5) is 11.4 Å². The van der Waals surface area contributed by atoms with Gasteiger partial charge in [0.1, 0.15) is 0 Å². The van der Waals surface area contributed by atoms with Gasteiger partial charge in [0.25, 0.3) is 15.9 Å². The number of carbonyl (C=O) groups excluding carboxylic acids is 1. The van der Waals surface area contributed by atoms with Crippen LogP contribution in [0, 0.1) is 20.8 Å². The number of aryl methyl sites for hydroxylation is 3. The smallest absolute Gasteiger partial charge is 0.264 e. The molecule has 1 amide bonds. The molecule has 3 aromatic carbocycles. The third-order valence-corrected chi connectivity index (χ3v) is 6.72. The molecule has 6 heteroatoms. The fourth-order valence-electron chi connectivity index (χ4n) is 3.17. The predicted octanol–water partition coefficient (Wildman–Crippen LogP) is 4.69. The van der Waals surface area contributed by atoms with Crippen LogP contribution in [0.3, 0.4) is 0 Å². The fourth-order valence-corrected chi connectivity index (χ4v) is 4.44. The lowest BCUT2D eigenvalue weighted by Gasteiger charge is -2.22. The lowest BCUT2D eigenvalue weighted by Crippen LogP contribution is -2.27. The van der Waals surface area contributed by atoms with Crippen LogP contribution < -0.4 is 9.62 Å². The predicted molar refractivity (Wildman–Crippen MR) is 117 cm³/mol. The molecule has 0 unspecified atom stereocenters. The number of hydrogen-bond acceptors (Lipinski definition) is 3. The molecule has 0 heterocycles. The van der Waals surface area contributed by atoms with Gasteiger partial charge in [-0.15, -0.1) is 0 Å². The van der Waals surface area contributed by atoms with Crippen LogP contribution in [-0.2, 0) is 10.0 Å². The largest absolute Gasteiger partial charge is 0.322 e. The highest BCUT2D eigenvalue weighted by Gasteiger charge is 2.23. The summed E-state index contributed by atoms with van der Waals surface area (Å²) in [7, 11) is -2.23. The van der Waals surface area contributed by atoms with Crippen molar-refractivity contribution in [1.82, 2.24) is 0 Å². The van der Waals surface area contributed by atoms with E-state index in [1.165, 1.54) is 11.4 Å². The lowest BCUT2D eigenvalue weighted by atomic mass is 10.1. The Morgan fingerprint density at radius 1 is 0.828 bits per heavy atom.